The Morgan fingerprint density at radius 1 is 1.35 bits per heavy atom. The summed E-state index contributed by atoms with van der Waals surface area (Å²) < 4.78 is 27.7. The maximum atomic E-state index is 13.8. The second-order valence-corrected chi connectivity index (χ2v) is 6.08. The lowest BCUT2D eigenvalue weighted by Gasteiger charge is -2.34. The van der Waals surface area contributed by atoms with Gasteiger partial charge in [0.2, 0.25) is 5.91 Å². The highest BCUT2D eigenvalue weighted by Crippen LogP contribution is 2.27. The summed E-state index contributed by atoms with van der Waals surface area (Å²) in [6, 6.07) is 3.57. The Hall–Kier alpha value is -1.98. The molecule has 1 aromatic carbocycles. The number of piperidine rings is 1. The summed E-state index contributed by atoms with van der Waals surface area (Å²) in [5.74, 6) is -3.37. The Labute approximate surface area is 134 Å². The van der Waals surface area contributed by atoms with Gasteiger partial charge in [-0.1, -0.05) is 6.07 Å². The van der Waals surface area contributed by atoms with Crippen LogP contribution < -0.4 is 0 Å². The molecular formula is C17H21F2NO3. The van der Waals surface area contributed by atoms with Crippen molar-refractivity contribution >= 4 is 11.9 Å². The van der Waals surface area contributed by atoms with Gasteiger partial charge in [0.25, 0.3) is 0 Å². The minimum absolute atomic E-state index is 0.0736. The predicted octanol–water partition coefficient (Wildman–Crippen LogP) is 3.17. The SMILES string of the molecule is CC(C(=O)N1CCCC(CCC(=O)O)C1)c1c(F)cccc1F. The summed E-state index contributed by atoms with van der Waals surface area (Å²) in [6.45, 7) is 2.50. The number of carbonyl (C=O) groups excluding carboxylic acids is 1. The van der Waals surface area contributed by atoms with Gasteiger partial charge in [-0.05, 0) is 44.2 Å². The molecule has 1 heterocycles. The number of carboxylic acids is 1. The molecule has 2 rings (SSSR count). The number of halogens is 2. The Morgan fingerprint density at radius 3 is 2.61 bits per heavy atom. The molecule has 0 aliphatic carbocycles. The topological polar surface area (TPSA) is 57.6 Å². The van der Waals surface area contributed by atoms with E-state index in [2.05, 4.69) is 0 Å². The second-order valence-electron chi connectivity index (χ2n) is 6.08. The molecule has 23 heavy (non-hydrogen) atoms. The summed E-state index contributed by atoms with van der Waals surface area (Å²) in [7, 11) is 0. The molecule has 2 atom stereocenters. The molecule has 1 amide bonds. The number of carboxylic acid groups (broad SMARTS) is 1. The van der Waals surface area contributed by atoms with Gasteiger partial charge in [-0.25, -0.2) is 8.78 Å². The highest BCUT2D eigenvalue weighted by atomic mass is 19.1. The molecule has 0 saturated carbocycles. The Balaban J connectivity index is 2.05. The van der Waals surface area contributed by atoms with Gasteiger partial charge >= 0.3 is 5.97 Å². The molecule has 0 aromatic heterocycles. The van der Waals surface area contributed by atoms with Crippen molar-refractivity contribution < 1.29 is 23.5 Å². The van der Waals surface area contributed by atoms with Gasteiger partial charge in [0, 0.05) is 25.1 Å². The molecule has 126 valence electrons. The molecule has 1 fully saturated rings. The van der Waals surface area contributed by atoms with E-state index in [1.807, 2.05) is 0 Å². The lowest BCUT2D eigenvalue weighted by Crippen LogP contribution is -2.42. The number of nitrogens with zero attached hydrogens (tertiary/aromatic N) is 1. The third kappa shape index (κ3) is 4.27. The lowest BCUT2D eigenvalue weighted by molar-refractivity contribution is -0.137. The summed E-state index contributed by atoms with van der Waals surface area (Å²) in [5, 5.41) is 8.75. The van der Waals surface area contributed by atoms with E-state index in [9.17, 15) is 18.4 Å². The smallest absolute Gasteiger partial charge is 0.303 e. The van der Waals surface area contributed by atoms with Crippen molar-refractivity contribution in [1.29, 1.82) is 0 Å². The van der Waals surface area contributed by atoms with Crippen molar-refractivity contribution in [2.45, 2.75) is 38.5 Å². The normalized spacial score (nSPS) is 19.4. The number of likely N-dealkylation sites (tertiary alicyclic amines) is 1. The fourth-order valence-electron chi connectivity index (χ4n) is 3.15. The molecular weight excluding hydrogens is 304 g/mol. The van der Waals surface area contributed by atoms with Gasteiger partial charge in [0.05, 0.1) is 5.92 Å². The molecule has 1 aliphatic heterocycles. The van der Waals surface area contributed by atoms with E-state index in [0.717, 1.165) is 25.0 Å². The number of benzene rings is 1. The van der Waals surface area contributed by atoms with Gasteiger partial charge in [0.15, 0.2) is 0 Å². The highest BCUT2D eigenvalue weighted by molar-refractivity contribution is 5.83. The Morgan fingerprint density at radius 2 is 2.00 bits per heavy atom. The first-order valence-corrected chi connectivity index (χ1v) is 7.84. The highest BCUT2D eigenvalue weighted by Gasteiger charge is 2.30. The van der Waals surface area contributed by atoms with Crippen LogP contribution in [0.4, 0.5) is 8.78 Å². The number of hydrogen-bond acceptors (Lipinski definition) is 2. The van der Waals surface area contributed by atoms with Crippen molar-refractivity contribution in [3.05, 3.63) is 35.4 Å². The maximum Gasteiger partial charge on any atom is 0.303 e. The van der Waals surface area contributed by atoms with E-state index in [1.54, 1.807) is 4.90 Å². The lowest BCUT2D eigenvalue weighted by atomic mass is 9.91. The van der Waals surface area contributed by atoms with Crippen LogP contribution in [0.25, 0.3) is 0 Å². The number of rotatable bonds is 5. The van der Waals surface area contributed by atoms with Crippen LogP contribution in [0.3, 0.4) is 0 Å². The minimum atomic E-state index is -0.894. The quantitative estimate of drug-likeness (QED) is 0.904. The number of aliphatic carboxylic acids is 1. The Kier molecular flexibility index (Phi) is 5.69. The van der Waals surface area contributed by atoms with E-state index in [-0.39, 0.29) is 23.8 Å². The number of hydrogen-bond donors (Lipinski definition) is 1. The van der Waals surface area contributed by atoms with Crippen molar-refractivity contribution in [3.8, 4) is 0 Å². The number of amides is 1. The molecule has 1 saturated heterocycles. The van der Waals surface area contributed by atoms with Crippen LogP contribution in [-0.2, 0) is 9.59 Å². The zero-order valence-corrected chi connectivity index (χ0v) is 13.1. The average molecular weight is 325 g/mol. The summed E-state index contributed by atoms with van der Waals surface area (Å²) in [4.78, 5) is 24.8. The summed E-state index contributed by atoms with van der Waals surface area (Å²) in [6.07, 6.45) is 2.24. The molecule has 2 unspecified atom stereocenters. The molecule has 1 aromatic rings. The average Bonchev–Trinajstić information content (AvgIpc) is 2.52. The van der Waals surface area contributed by atoms with Gasteiger partial charge in [-0.2, -0.15) is 0 Å². The zero-order chi connectivity index (χ0) is 17.0. The van der Waals surface area contributed by atoms with Crippen LogP contribution in [0, 0.1) is 17.6 Å². The van der Waals surface area contributed by atoms with Gasteiger partial charge in [-0.15, -0.1) is 0 Å². The van der Waals surface area contributed by atoms with Crippen molar-refractivity contribution in [3.63, 3.8) is 0 Å². The van der Waals surface area contributed by atoms with Crippen LogP contribution in [0.2, 0.25) is 0 Å². The molecule has 0 spiro atoms. The fourth-order valence-corrected chi connectivity index (χ4v) is 3.15. The standard InChI is InChI=1S/C17H21F2NO3/c1-11(16-13(18)5-2-6-14(16)19)17(23)20-9-3-4-12(10-20)7-8-15(21)22/h2,5-6,11-12H,3-4,7-10H2,1H3,(H,21,22). The minimum Gasteiger partial charge on any atom is -0.481 e. The maximum absolute atomic E-state index is 13.8. The van der Waals surface area contributed by atoms with Crippen molar-refractivity contribution in [2.24, 2.45) is 5.92 Å². The zero-order valence-electron chi connectivity index (χ0n) is 13.1. The predicted molar refractivity (Wildman–Crippen MR) is 80.9 cm³/mol. The molecule has 4 nitrogen and oxygen atoms in total. The summed E-state index contributed by atoms with van der Waals surface area (Å²) >= 11 is 0. The molecule has 0 radical (unpaired) electrons. The largest absolute Gasteiger partial charge is 0.481 e. The number of carbonyl (C=O) groups is 2. The first-order valence-electron chi connectivity index (χ1n) is 7.84. The van der Waals surface area contributed by atoms with Crippen molar-refractivity contribution in [2.75, 3.05) is 13.1 Å². The van der Waals surface area contributed by atoms with Gasteiger partial charge < -0.3 is 10.0 Å². The fraction of sp³-hybridized carbons (Fsp3) is 0.529. The van der Waals surface area contributed by atoms with Crippen LogP contribution in [0.15, 0.2) is 18.2 Å². The van der Waals surface area contributed by atoms with E-state index < -0.39 is 23.5 Å². The molecule has 1 aliphatic rings. The molecule has 6 heteroatoms. The first kappa shape index (κ1) is 17.4. The van der Waals surface area contributed by atoms with Crippen LogP contribution in [0.1, 0.15) is 44.1 Å². The van der Waals surface area contributed by atoms with E-state index in [4.69, 9.17) is 5.11 Å². The third-order valence-electron chi connectivity index (χ3n) is 4.40. The van der Waals surface area contributed by atoms with E-state index >= 15 is 0 Å². The van der Waals surface area contributed by atoms with Crippen LogP contribution in [0.5, 0.6) is 0 Å². The molecule has 0 bridgehead atoms. The summed E-state index contributed by atoms with van der Waals surface area (Å²) in [5.41, 5.74) is -0.204. The van der Waals surface area contributed by atoms with Crippen LogP contribution in [-0.4, -0.2) is 35.0 Å². The van der Waals surface area contributed by atoms with Crippen LogP contribution >= 0.6 is 0 Å². The Bertz CT molecular complexity index is 571. The van der Waals surface area contributed by atoms with E-state index in [0.29, 0.717) is 19.5 Å². The molecule has 1 N–H and O–H groups in total. The monoisotopic (exact) mass is 325 g/mol. The van der Waals surface area contributed by atoms with Crippen molar-refractivity contribution in [1.82, 2.24) is 4.90 Å². The first-order chi connectivity index (χ1) is 10.9. The van der Waals surface area contributed by atoms with Gasteiger partial charge in [-0.3, -0.25) is 9.59 Å². The van der Waals surface area contributed by atoms with E-state index in [1.165, 1.54) is 13.0 Å². The second kappa shape index (κ2) is 7.53. The van der Waals surface area contributed by atoms with Gasteiger partial charge in [0.1, 0.15) is 11.6 Å². The third-order valence-corrected chi connectivity index (χ3v) is 4.40.